The number of benzene rings is 1. The molecule has 2 rings (SSSR count). The van der Waals surface area contributed by atoms with Gasteiger partial charge in [0.1, 0.15) is 0 Å². The highest BCUT2D eigenvalue weighted by atomic mass is 35.5. The van der Waals surface area contributed by atoms with Crippen LogP contribution in [0, 0.1) is 5.41 Å². The first-order chi connectivity index (χ1) is 10.8. The molecule has 1 aromatic rings. The lowest BCUT2D eigenvalue weighted by molar-refractivity contribution is -0.136. The van der Waals surface area contributed by atoms with Gasteiger partial charge in [0.25, 0.3) is 0 Å². The van der Waals surface area contributed by atoms with Crippen LogP contribution in [-0.4, -0.2) is 47.9 Å². The highest BCUT2D eigenvalue weighted by molar-refractivity contribution is 5.85. The number of hydrogen-bond acceptors (Lipinski definition) is 3. The Bertz CT molecular complexity index is 511. The Kier molecular flexibility index (Phi) is 10.0. The minimum absolute atomic E-state index is 0. The van der Waals surface area contributed by atoms with E-state index in [9.17, 15) is 4.79 Å². The zero-order valence-electron chi connectivity index (χ0n) is 15.8. The van der Waals surface area contributed by atoms with Gasteiger partial charge in [-0.05, 0) is 23.8 Å². The molecular formula is C19H33Cl2N3O. The van der Waals surface area contributed by atoms with Gasteiger partial charge >= 0.3 is 0 Å². The van der Waals surface area contributed by atoms with Gasteiger partial charge in [-0.25, -0.2) is 0 Å². The third-order valence-corrected chi connectivity index (χ3v) is 4.90. The normalized spacial score (nSPS) is 17.2. The molecule has 0 aromatic heterocycles. The van der Waals surface area contributed by atoms with E-state index in [1.165, 1.54) is 5.56 Å². The van der Waals surface area contributed by atoms with Crippen molar-refractivity contribution in [3.05, 3.63) is 35.9 Å². The molecule has 0 radical (unpaired) electrons. The molecule has 144 valence electrons. The summed E-state index contributed by atoms with van der Waals surface area (Å²) in [7, 11) is 1.91. The molecule has 1 atom stereocenters. The Morgan fingerprint density at radius 2 is 1.72 bits per heavy atom. The lowest BCUT2D eigenvalue weighted by Gasteiger charge is -2.39. The van der Waals surface area contributed by atoms with Crippen LogP contribution in [0.2, 0.25) is 0 Å². The van der Waals surface area contributed by atoms with E-state index in [1.807, 2.05) is 32.7 Å². The zero-order chi connectivity index (χ0) is 17.0. The number of likely N-dealkylation sites (N-methyl/N-ethyl adjacent to an activating group) is 1. The van der Waals surface area contributed by atoms with Crippen LogP contribution in [0.3, 0.4) is 0 Å². The van der Waals surface area contributed by atoms with Crippen molar-refractivity contribution < 1.29 is 4.79 Å². The van der Waals surface area contributed by atoms with Gasteiger partial charge in [-0.15, -0.1) is 24.8 Å². The van der Waals surface area contributed by atoms with Gasteiger partial charge in [-0.2, -0.15) is 0 Å². The molecule has 6 heteroatoms. The molecule has 0 saturated carbocycles. The van der Waals surface area contributed by atoms with E-state index in [0.717, 1.165) is 32.5 Å². The summed E-state index contributed by atoms with van der Waals surface area (Å²) < 4.78 is 0. The standard InChI is InChI=1S/C19H31N3O.2ClH/c1-19(2,3)17(20)18(23)21(4)16-10-12-22(13-11-16)14-15-8-6-5-7-9-15;;/h5-9,16-17H,10-14,20H2,1-4H3;2*1H/t17-;;/m1../s1. The summed E-state index contributed by atoms with van der Waals surface area (Å²) >= 11 is 0. The van der Waals surface area contributed by atoms with Gasteiger partial charge in [0, 0.05) is 32.7 Å². The summed E-state index contributed by atoms with van der Waals surface area (Å²) in [5, 5.41) is 0. The molecule has 1 amide bonds. The molecule has 0 unspecified atom stereocenters. The van der Waals surface area contributed by atoms with Gasteiger partial charge in [0.2, 0.25) is 5.91 Å². The smallest absolute Gasteiger partial charge is 0.240 e. The summed E-state index contributed by atoms with van der Waals surface area (Å²) in [4.78, 5) is 16.9. The maximum atomic E-state index is 12.5. The average molecular weight is 390 g/mol. The van der Waals surface area contributed by atoms with Crippen LogP contribution in [0.4, 0.5) is 0 Å². The summed E-state index contributed by atoms with van der Waals surface area (Å²) in [6.07, 6.45) is 2.04. The van der Waals surface area contributed by atoms with Crippen LogP contribution in [0.25, 0.3) is 0 Å². The Morgan fingerprint density at radius 1 is 1.20 bits per heavy atom. The summed E-state index contributed by atoms with van der Waals surface area (Å²) in [6, 6.07) is 10.4. The molecule has 1 aliphatic rings. The van der Waals surface area contributed by atoms with E-state index < -0.39 is 6.04 Å². The quantitative estimate of drug-likeness (QED) is 0.858. The second-order valence-electron chi connectivity index (χ2n) is 7.79. The first kappa shape index (κ1) is 24.2. The molecule has 4 nitrogen and oxygen atoms in total. The van der Waals surface area contributed by atoms with Crippen molar-refractivity contribution in [1.29, 1.82) is 0 Å². The highest BCUT2D eigenvalue weighted by Crippen LogP contribution is 2.22. The van der Waals surface area contributed by atoms with Crippen molar-refractivity contribution in [3.8, 4) is 0 Å². The maximum Gasteiger partial charge on any atom is 0.240 e. The van der Waals surface area contributed by atoms with Crippen LogP contribution in [-0.2, 0) is 11.3 Å². The summed E-state index contributed by atoms with van der Waals surface area (Å²) in [6.45, 7) is 9.11. The number of nitrogens with zero attached hydrogens (tertiary/aromatic N) is 2. The predicted octanol–water partition coefficient (Wildman–Crippen LogP) is 3.33. The summed E-state index contributed by atoms with van der Waals surface area (Å²) in [5.41, 5.74) is 7.29. The summed E-state index contributed by atoms with van der Waals surface area (Å²) in [5.74, 6) is 0.0685. The minimum atomic E-state index is -0.435. The van der Waals surface area contributed by atoms with Crippen molar-refractivity contribution in [1.82, 2.24) is 9.80 Å². The molecule has 1 aromatic carbocycles. The second-order valence-corrected chi connectivity index (χ2v) is 7.79. The number of halogens is 2. The number of piperidine rings is 1. The van der Waals surface area contributed by atoms with Gasteiger partial charge in [0.15, 0.2) is 0 Å². The fraction of sp³-hybridized carbons (Fsp3) is 0.632. The molecule has 0 bridgehead atoms. The van der Waals surface area contributed by atoms with Crippen molar-refractivity contribution >= 4 is 30.7 Å². The molecule has 1 fully saturated rings. The molecular weight excluding hydrogens is 357 g/mol. The molecule has 25 heavy (non-hydrogen) atoms. The number of carbonyl (C=O) groups is 1. The molecule has 1 heterocycles. The maximum absolute atomic E-state index is 12.5. The van der Waals surface area contributed by atoms with Crippen molar-refractivity contribution in [2.75, 3.05) is 20.1 Å². The van der Waals surface area contributed by atoms with Crippen LogP contribution < -0.4 is 5.73 Å². The van der Waals surface area contributed by atoms with Gasteiger partial charge in [-0.3, -0.25) is 9.69 Å². The monoisotopic (exact) mass is 389 g/mol. The SMILES string of the molecule is CN(C(=O)[C@@H](N)C(C)(C)C)C1CCN(Cc2ccccc2)CC1.Cl.Cl. The number of nitrogens with two attached hydrogens (primary N) is 1. The van der Waals surface area contributed by atoms with Crippen molar-refractivity contribution in [3.63, 3.8) is 0 Å². The van der Waals surface area contributed by atoms with Gasteiger partial charge in [0.05, 0.1) is 6.04 Å². The Labute approximate surface area is 164 Å². The Morgan fingerprint density at radius 3 is 2.20 bits per heavy atom. The van der Waals surface area contributed by atoms with E-state index >= 15 is 0 Å². The molecule has 1 aliphatic heterocycles. The fourth-order valence-electron chi connectivity index (χ4n) is 3.08. The number of carbonyl (C=O) groups excluding carboxylic acids is 1. The largest absolute Gasteiger partial charge is 0.341 e. The molecule has 2 N–H and O–H groups in total. The van der Waals surface area contributed by atoms with Crippen molar-refractivity contribution in [2.24, 2.45) is 11.1 Å². The van der Waals surface area contributed by atoms with Crippen molar-refractivity contribution in [2.45, 2.75) is 52.2 Å². The molecule has 0 aliphatic carbocycles. The highest BCUT2D eigenvalue weighted by Gasteiger charge is 2.33. The Balaban J connectivity index is 0.00000288. The van der Waals surface area contributed by atoms with Crippen LogP contribution >= 0.6 is 24.8 Å². The third-order valence-electron chi connectivity index (χ3n) is 4.90. The first-order valence-corrected chi connectivity index (χ1v) is 8.57. The van der Waals surface area contributed by atoms with E-state index in [2.05, 4.69) is 35.2 Å². The molecule has 1 saturated heterocycles. The first-order valence-electron chi connectivity index (χ1n) is 8.57. The van der Waals surface area contributed by atoms with Gasteiger partial charge < -0.3 is 10.6 Å². The predicted molar refractivity (Wildman–Crippen MR) is 109 cm³/mol. The van der Waals surface area contributed by atoms with Crippen LogP contribution in [0.1, 0.15) is 39.2 Å². The topological polar surface area (TPSA) is 49.6 Å². The minimum Gasteiger partial charge on any atom is -0.341 e. The number of likely N-dealkylation sites (tertiary alicyclic amines) is 1. The van der Waals surface area contributed by atoms with Crippen LogP contribution in [0.5, 0.6) is 0 Å². The fourth-order valence-corrected chi connectivity index (χ4v) is 3.08. The zero-order valence-corrected chi connectivity index (χ0v) is 17.4. The average Bonchev–Trinajstić information content (AvgIpc) is 2.53. The lowest BCUT2D eigenvalue weighted by atomic mass is 9.86. The van der Waals surface area contributed by atoms with Crippen LogP contribution in [0.15, 0.2) is 30.3 Å². The van der Waals surface area contributed by atoms with E-state index in [0.29, 0.717) is 6.04 Å². The van der Waals surface area contributed by atoms with E-state index in [4.69, 9.17) is 5.73 Å². The van der Waals surface area contributed by atoms with E-state index in [1.54, 1.807) is 0 Å². The number of hydrogen-bond donors (Lipinski definition) is 1. The number of rotatable bonds is 4. The lowest BCUT2D eigenvalue weighted by Crippen LogP contribution is -2.54. The number of amides is 1. The van der Waals surface area contributed by atoms with E-state index in [-0.39, 0.29) is 36.1 Å². The molecule has 0 spiro atoms. The third kappa shape index (κ3) is 6.78. The second kappa shape index (κ2) is 10.4. The van der Waals surface area contributed by atoms with Gasteiger partial charge in [-0.1, -0.05) is 51.1 Å². The Hall–Kier alpha value is -0.810.